The number of hydrogen-bond acceptors (Lipinski definition) is 2. The predicted octanol–water partition coefficient (Wildman–Crippen LogP) is 2.54. The van der Waals surface area contributed by atoms with E-state index in [9.17, 15) is 4.57 Å². The second kappa shape index (κ2) is 4.52. The van der Waals surface area contributed by atoms with Gasteiger partial charge in [0.05, 0.1) is 5.30 Å². The predicted molar refractivity (Wildman–Crippen MR) is 64.9 cm³/mol. The Hall–Kier alpha value is -1.57. The second-order valence-electron chi connectivity index (χ2n) is 3.34. The van der Waals surface area contributed by atoms with Crippen LogP contribution in [0.15, 0.2) is 60.7 Å². The van der Waals surface area contributed by atoms with Crippen LogP contribution in [0.5, 0.6) is 5.75 Å². The van der Waals surface area contributed by atoms with Crippen LogP contribution in [-0.2, 0) is 4.57 Å². The summed E-state index contributed by atoms with van der Waals surface area (Å²) in [4.78, 5) is 0. The molecule has 0 aliphatic carbocycles. The minimum Gasteiger partial charge on any atom is -0.430 e. The van der Waals surface area contributed by atoms with Crippen molar-refractivity contribution < 1.29 is 9.09 Å². The molecule has 82 valence electrons. The molecule has 16 heavy (non-hydrogen) atoms. The van der Waals surface area contributed by atoms with E-state index >= 15 is 0 Å². The average Bonchev–Trinajstić information content (AvgIpc) is 2.31. The van der Waals surface area contributed by atoms with Gasteiger partial charge in [-0.3, -0.25) is 4.57 Å². The summed E-state index contributed by atoms with van der Waals surface area (Å²) >= 11 is 0. The van der Waals surface area contributed by atoms with Gasteiger partial charge in [0.25, 0.3) is 0 Å². The van der Waals surface area contributed by atoms with Gasteiger partial charge in [0.1, 0.15) is 5.75 Å². The van der Waals surface area contributed by atoms with E-state index in [0.717, 1.165) is 0 Å². The Bertz CT molecular complexity index is 499. The fourth-order valence-corrected chi connectivity index (χ4v) is 2.45. The van der Waals surface area contributed by atoms with Crippen molar-refractivity contribution in [2.24, 2.45) is 5.50 Å². The van der Waals surface area contributed by atoms with Crippen molar-refractivity contribution in [1.82, 2.24) is 0 Å². The van der Waals surface area contributed by atoms with Gasteiger partial charge in [-0.05, 0) is 24.3 Å². The molecule has 0 amide bonds. The molecular formula is C12H12NO2P. The fourth-order valence-electron chi connectivity index (χ4n) is 1.33. The van der Waals surface area contributed by atoms with Gasteiger partial charge >= 0.3 is 7.52 Å². The highest BCUT2D eigenvalue weighted by Gasteiger charge is 2.20. The molecule has 2 rings (SSSR count). The Morgan fingerprint density at radius 3 is 1.94 bits per heavy atom. The van der Waals surface area contributed by atoms with E-state index in [1.165, 1.54) is 0 Å². The standard InChI is InChI=1S/C12H12NO2P/c13-16(14,12-9-5-2-6-10-12)15-11-7-3-1-4-8-11/h1-10H,(H2,13,14)/t16-/m1/s1. The summed E-state index contributed by atoms with van der Waals surface area (Å²) in [6.07, 6.45) is 0. The molecule has 0 heterocycles. The third-order valence-electron chi connectivity index (χ3n) is 2.10. The van der Waals surface area contributed by atoms with E-state index < -0.39 is 7.52 Å². The maximum absolute atomic E-state index is 12.1. The quantitative estimate of drug-likeness (QED) is 0.829. The van der Waals surface area contributed by atoms with Gasteiger partial charge < -0.3 is 4.52 Å². The minimum absolute atomic E-state index is 0.511. The van der Waals surface area contributed by atoms with E-state index in [1.807, 2.05) is 12.1 Å². The zero-order valence-electron chi connectivity index (χ0n) is 8.61. The lowest BCUT2D eigenvalue weighted by Crippen LogP contribution is -2.15. The molecule has 0 unspecified atom stereocenters. The Kier molecular flexibility index (Phi) is 3.09. The van der Waals surface area contributed by atoms with Crippen LogP contribution in [0, 0.1) is 0 Å². The maximum atomic E-state index is 12.1. The highest BCUT2D eigenvalue weighted by molar-refractivity contribution is 7.65. The molecule has 0 radical (unpaired) electrons. The molecular weight excluding hydrogens is 221 g/mol. The van der Waals surface area contributed by atoms with Crippen molar-refractivity contribution in [3.8, 4) is 5.75 Å². The molecule has 0 fully saturated rings. The van der Waals surface area contributed by atoms with Gasteiger partial charge in [-0.2, -0.15) is 0 Å². The van der Waals surface area contributed by atoms with E-state index in [-0.39, 0.29) is 0 Å². The lowest BCUT2D eigenvalue weighted by molar-refractivity contribution is 0.494. The summed E-state index contributed by atoms with van der Waals surface area (Å²) in [7, 11) is -3.27. The molecule has 0 bridgehead atoms. The molecule has 0 spiro atoms. The van der Waals surface area contributed by atoms with Crippen molar-refractivity contribution in [3.05, 3.63) is 60.7 Å². The van der Waals surface area contributed by atoms with Crippen LogP contribution >= 0.6 is 7.52 Å². The summed E-state index contributed by atoms with van der Waals surface area (Å²) in [5.41, 5.74) is 5.70. The van der Waals surface area contributed by atoms with Crippen molar-refractivity contribution in [2.45, 2.75) is 0 Å². The topological polar surface area (TPSA) is 52.3 Å². The van der Waals surface area contributed by atoms with Crippen LogP contribution in [0.2, 0.25) is 0 Å². The fraction of sp³-hybridized carbons (Fsp3) is 0. The Balaban J connectivity index is 2.25. The number of hydrogen-bond donors (Lipinski definition) is 1. The molecule has 2 aromatic carbocycles. The first kappa shape index (κ1) is 10.9. The van der Waals surface area contributed by atoms with Gasteiger partial charge in [-0.25, -0.2) is 5.50 Å². The highest BCUT2D eigenvalue weighted by atomic mass is 31.2. The number of rotatable bonds is 3. The summed E-state index contributed by atoms with van der Waals surface area (Å²) in [6, 6.07) is 17.7. The molecule has 2 N–H and O–H groups in total. The average molecular weight is 233 g/mol. The van der Waals surface area contributed by atoms with Crippen LogP contribution in [0.3, 0.4) is 0 Å². The van der Waals surface area contributed by atoms with Crippen LogP contribution < -0.4 is 15.3 Å². The van der Waals surface area contributed by atoms with Crippen LogP contribution in [0.1, 0.15) is 0 Å². The maximum Gasteiger partial charge on any atom is 0.344 e. The molecule has 0 saturated heterocycles. The van der Waals surface area contributed by atoms with E-state index in [1.54, 1.807) is 48.5 Å². The lowest BCUT2D eigenvalue weighted by atomic mass is 10.3. The SMILES string of the molecule is N[P@](=O)(Oc1ccccc1)c1ccccc1. The molecule has 2 aromatic rings. The van der Waals surface area contributed by atoms with Gasteiger partial charge in [0.15, 0.2) is 0 Å². The van der Waals surface area contributed by atoms with Crippen LogP contribution in [-0.4, -0.2) is 0 Å². The van der Waals surface area contributed by atoms with E-state index in [2.05, 4.69) is 0 Å². The summed E-state index contributed by atoms with van der Waals surface area (Å²) < 4.78 is 17.5. The highest BCUT2D eigenvalue weighted by Crippen LogP contribution is 2.37. The number of para-hydroxylation sites is 1. The van der Waals surface area contributed by atoms with Gasteiger partial charge in [0, 0.05) is 0 Å². The molecule has 0 saturated carbocycles. The molecule has 1 atom stereocenters. The van der Waals surface area contributed by atoms with Crippen molar-refractivity contribution in [1.29, 1.82) is 0 Å². The lowest BCUT2D eigenvalue weighted by Gasteiger charge is -2.14. The Labute approximate surface area is 94.4 Å². The smallest absolute Gasteiger partial charge is 0.344 e. The summed E-state index contributed by atoms with van der Waals surface area (Å²) in [5.74, 6) is 0.511. The third-order valence-corrected chi connectivity index (χ3v) is 3.60. The summed E-state index contributed by atoms with van der Waals surface area (Å²) in [6.45, 7) is 0. The van der Waals surface area contributed by atoms with E-state index in [4.69, 9.17) is 10.0 Å². The normalized spacial score (nSPS) is 14.1. The first-order chi connectivity index (χ1) is 7.68. The van der Waals surface area contributed by atoms with Crippen molar-refractivity contribution in [2.75, 3.05) is 0 Å². The first-order valence-electron chi connectivity index (χ1n) is 4.87. The molecule has 0 aliphatic heterocycles. The number of nitrogens with two attached hydrogens (primary N) is 1. The zero-order chi connectivity index (χ0) is 11.4. The zero-order valence-corrected chi connectivity index (χ0v) is 9.51. The minimum atomic E-state index is -3.27. The number of benzene rings is 2. The Morgan fingerprint density at radius 1 is 0.875 bits per heavy atom. The van der Waals surface area contributed by atoms with Crippen molar-refractivity contribution >= 4 is 12.8 Å². The molecule has 0 aromatic heterocycles. The molecule has 0 aliphatic rings. The van der Waals surface area contributed by atoms with Gasteiger partial charge in [-0.1, -0.05) is 36.4 Å². The largest absolute Gasteiger partial charge is 0.430 e. The molecule has 4 heteroatoms. The van der Waals surface area contributed by atoms with Gasteiger partial charge in [0.2, 0.25) is 0 Å². The van der Waals surface area contributed by atoms with Gasteiger partial charge in [-0.15, -0.1) is 0 Å². The van der Waals surface area contributed by atoms with E-state index in [0.29, 0.717) is 11.1 Å². The summed E-state index contributed by atoms with van der Waals surface area (Å²) in [5, 5.41) is 0.513. The first-order valence-corrected chi connectivity index (χ1v) is 6.57. The van der Waals surface area contributed by atoms with Crippen molar-refractivity contribution in [3.63, 3.8) is 0 Å². The second-order valence-corrected chi connectivity index (χ2v) is 5.23. The van der Waals surface area contributed by atoms with Crippen LogP contribution in [0.4, 0.5) is 0 Å². The van der Waals surface area contributed by atoms with Crippen LogP contribution in [0.25, 0.3) is 0 Å². The monoisotopic (exact) mass is 233 g/mol. The third kappa shape index (κ3) is 2.51. The molecule has 3 nitrogen and oxygen atoms in total. The Morgan fingerprint density at radius 2 is 1.38 bits per heavy atom.